The SMILES string of the molecule is N#C[C@@H]1CCC[C@H]2COC(=O)N21. The van der Waals surface area contributed by atoms with E-state index in [2.05, 4.69) is 6.07 Å². The Labute approximate surface area is 70.7 Å². The molecule has 0 aromatic rings. The molecule has 2 heterocycles. The fourth-order valence-electron chi connectivity index (χ4n) is 1.89. The zero-order valence-electron chi connectivity index (χ0n) is 6.69. The number of cyclic esters (lactones) is 1. The van der Waals surface area contributed by atoms with E-state index < -0.39 is 0 Å². The maximum atomic E-state index is 11.1. The van der Waals surface area contributed by atoms with Crippen molar-refractivity contribution in [2.24, 2.45) is 0 Å². The predicted octanol–water partition coefficient (Wildman–Crippen LogP) is 0.883. The molecule has 12 heavy (non-hydrogen) atoms. The molecular weight excluding hydrogens is 156 g/mol. The van der Waals surface area contributed by atoms with Crippen LogP contribution in [0, 0.1) is 11.3 Å². The van der Waals surface area contributed by atoms with Crippen molar-refractivity contribution >= 4 is 6.09 Å². The largest absolute Gasteiger partial charge is 0.447 e. The summed E-state index contributed by atoms with van der Waals surface area (Å²) in [5.74, 6) is 0. The summed E-state index contributed by atoms with van der Waals surface area (Å²) in [5, 5.41) is 8.76. The molecule has 2 fully saturated rings. The number of ether oxygens (including phenoxy) is 1. The number of amides is 1. The van der Waals surface area contributed by atoms with Gasteiger partial charge >= 0.3 is 6.09 Å². The third kappa shape index (κ3) is 0.934. The number of nitrogens with zero attached hydrogens (tertiary/aromatic N) is 2. The molecular formula is C8H10N2O2. The van der Waals surface area contributed by atoms with Gasteiger partial charge in [-0.05, 0) is 19.3 Å². The highest BCUT2D eigenvalue weighted by molar-refractivity contribution is 5.71. The van der Waals surface area contributed by atoms with Gasteiger partial charge in [0.1, 0.15) is 12.6 Å². The van der Waals surface area contributed by atoms with Gasteiger partial charge in [-0.3, -0.25) is 4.90 Å². The molecule has 0 radical (unpaired) electrons. The smallest absolute Gasteiger partial charge is 0.411 e. The maximum absolute atomic E-state index is 11.1. The van der Waals surface area contributed by atoms with Crippen molar-refractivity contribution in [2.45, 2.75) is 31.3 Å². The van der Waals surface area contributed by atoms with Crippen LogP contribution < -0.4 is 0 Å². The Morgan fingerprint density at radius 1 is 1.58 bits per heavy atom. The number of nitriles is 1. The third-order valence-electron chi connectivity index (χ3n) is 2.50. The molecule has 2 saturated heterocycles. The standard InChI is InChI=1S/C8H10N2O2/c9-4-6-2-1-3-7-5-12-8(11)10(6)7/h6-7H,1-3,5H2/t6-,7-/m0/s1. The van der Waals surface area contributed by atoms with Crippen molar-refractivity contribution in [1.29, 1.82) is 5.26 Å². The van der Waals surface area contributed by atoms with Gasteiger partial charge in [-0.1, -0.05) is 0 Å². The number of hydrogen-bond acceptors (Lipinski definition) is 3. The molecule has 0 spiro atoms. The van der Waals surface area contributed by atoms with Crippen molar-refractivity contribution in [1.82, 2.24) is 4.90 Å². The first-order valence-corrected chi connectivity index (χ1v) is 4.17. The number of hydrogen-bond donors (Lipinski definition) is 0. The predicted molar refractivity (Wildman–Crippen MR) is 40.2 cm³/mol. The van der Waals surface area contributed by atoms with Gasteiger partial charge in [0.2, 0.25) is 0 Å². The van der Waals surface area contributed by atoms with Crippen molar-refractivity contribution in [3.8, 4) is 6.07 Å². The van der Waals surface area contributed by atoms with Crippen molar-refractivity contribution in [3.63, 3.8) is 0 Å². The number of rotatable bonds is 0. The number of carbonyl (C=O) groups excluding carboxylic acids is 1. The van der Waals surface area contributed by atoms with Gasteiger partial charge in [0.25, 0.3) is 0 Å². The number of fused-ring (bicyclic) bond motifs is 1. The highest BCUT2D eigenvalue weighted by atomic mass is 16.6. The molecule has 0 aromatic heterocycles. The van der Waals surface area contributed by atoms with Crippen LogP contribution in [0.5, 0.6) is 0 Å². The molecule has 0 saturated carbocycles. The van der Waals surface area contributed by atoms with Gasteiger partial charge in [0.05, 0.1) is 12.1 Å². The lowest BCUT2D eigenvalue weighted by atomic mass is 9.98. The van der Waals surface area contributed by atoms with Gasteiger partial charge in [0.15, 0.2) is 0 Å². The summed E-state index contributed by atoms with van der Waals surface area (Å²) in [6.45, 7) is 0.469. The maximum Gasteiger partial charge on any atom is 0.411 e. The van der Waals surface area contributed by atoms with Crippen LogP contribution in [0.2, 0.25) is 0 Å². The van der Waals surface area contributed by atoms with Gasteiger partial charge in [-0.2, -0.15) is 5.26 Å². The van der Waals surface area contributed by atoms with Crippen molar-refractivity contribution < 1.29 is 9.53 Å². The Bertz CT molecular complexity index is 246. The van der Waals surface area contributed by atoms with Gasteiger partial charge in [-0.25, -0.2) is 4.79 Å². The molecule has 2 aliphatic heterocycles. The summed E-state index contributed by atoms with van der Waals surface area (Å²) in [6, 6.07) is 2.04. The topological polar surface area (TPSA) is 53.3 Å². The Morgan fingerprint density at radius 3 is 3.17 bits per heavy atom. The van der Waals surface area contributed by atoms with E-state index in [0.717, 1.165) is 19.3 Å². The molecule has 0 N–H and O–H groups in total. The van der Waals surface area contributed by atoms with E-state index >= 15 is 0 Å². The lowest BCUT2D eigenvalue weighted by Gasteiger charge is -2.30. The molecule has 0 unspecified atom stereocenters. The highest BCUT2D eigenvalue weighted by Gasteiger charge is 2.40. The van der Waals surface area contributed by atoms with Crippen molar-refractivity contribution in [2.75, 3.05) is 6.61 Å². The van der Waals surface area contributed by atoms with Gasteiger partial charge < -0.3 is 4.74 Å². The van der Waals surface area contributed by atoms with Gasteiger partial charge in [-0.15, -0.1) is 0 Å². The summed E-state index contributed by atoms with van der Waals surface area (Å²) >= 11 is 0. The van der Waals surface area contributed by atoms with Gasteiger partial charge in [0, 0.05) is 0 Å². The molecule has 0 aromatic carbocycles. The number of piperidine rings is 1. The average molecular weight is 166 g/mol. The van der Waals surface area contributed by atoms with E-state index in [4.69, 9.17) is 10.00 Å². The molecule has 4 heteroatoms. The first-order valence-electron chi connectivity index (χ1n) is 4.17. The third-order valence-corrected chi connectivity index (χ3v) is 2.50. The second-order valence-corrected chi connectivity index (χ2v) is 3.21. The monoisotopic (exact) mass is 166 g/mol. The molecule has 4 nitrogen and oxygen atoms in total. The van der Waals surface area contributed by atoms with E-state index in [9.17, 15) is 4.79 Å². The minimum atomic E-state index is -0.314. The summed E-state index contributed by atoms with van der Waals surface area (Å²) in [4.78, 5) is 12.7. The van der Waals surface area contributed by atoms with Crippen LogP contribution in [0.3, 0.4) is 0 Å². The summed E-state index contributed by atoms with van der Waals surface area (Å²) < 4.78 is 4.87. The fraction of sp³-hybridized carbons (Fsp3) is 0.750. The zero-order chi connectivity index (χ0) is 8.55. The minimum absolute atomic E-state index is 0.163. The Hall–Kier alpha value is -1.24. The van der Waals surface area contributed by atoms with E-state index in [1.807, 2.05) is 0 Å². The van der Waals surface area contributed by atoms with Crippen LogP contribution in [0.1, 0.15) is 19.3 Å². The van der Waals surface area contributed by atoms with Crippen LogP contribution >= 0.6 is 0 Å². The quantitative estimate of drug-likeness (QED) is 0.536. The minimum Gasteiger partial charge on any atom is -0.447 e. The average Bonchev–Trinajstić information content (AvgIpc) is 2.48. The Kier molecular flexibility index (Phi) is 1.65. The molecule has 0 aliphatic carbocycles. The summed E-state index contributed by atoms with van der Waals surface area (Å²) in [6.07, 6.45) is 2.48. The van der Waals surface area contributed by atoms with E-state index in [-0.39, 0.29) is 18.2 Å². The van der Waals surface area contributed by atoms with E-state index in [1.54, 1.807) is 4.90 Å². The molecule has 1 amide bonds. The Balaban J connectivity index is 2.19. The first-order chi connectivity index (χ1) is 5.83. The van der Waals surface area contributed by atoms with Crippen LogP contribution in [-0.4, -0.2) is 29.7 Å². The first kappa shape index (κ1) is 7.41. The molecule has 2 rings (SSSR count). The van der Waals surface area contributed by atoms with Crippen LogP contribution in [-0.2, 0) is 4.74 Å². The molecule has 64 valence electrons. The van der Waals surface area contributed by atoms with Crippen LogP contribution in [0.25, 0.3) is 0 Å². The second kappa shape index (κ2) is 2.67. The molecule has 0 bridgehead atoms. The summed E-state index contributed by atoms with van der Waals surface area (Å²) in [7, 11) is 0. The van der Waals surface area contributed by atoms with E-state index in [1.165, 1.54) is 0 Å². The number of carbonyl (C=O) groups is 1. The molecule has 2 atom stereocenters. The Morgan fingerprint density at radius 2 is 2.42 bits per heavy atom. The molecule has 2 aliphatic rings. The van der Waals surface area contributed by atoms with E-state index in [0.29, 0.717) is 6.61 Å². The summed E-state index contributed by atoms with van der Waals surface area (Å²) in [5.41, 5.74) is 0. The van der Waals surface area contributed by atoms with Crippen LogP contribution in [0.4, 0.5) is 4.79 Å². The second-order valence-electron chi connectivity index (χ2n) is 3.21. The lowest BCUT2D eigenvalue weighted by Crippen LogP contribution is -2.44. The lowest BCUT2D eigenvalue weighted by molar-refractivity contribution is 0.143. The van der Waals surface area contributed by atoms with Crippen LogP contribution in [0.15, 0.2) is 0 Å². The normalized spacial score (nSPS) is 33.9. The fourth-order valence-corrected chi connectivity index (χ4v) is 1.89. The van der Waals surface area contributed by atoms with Crippen molar-refractivity contribution in [3.05, 3.63) is 0 Å². The zero-order valence-corrected chi connectivity index (χ0v) is 6.69. The highest BCUT2D eigenvalue weighted by Crippen LogP contribution is 2.27.